The Hall–Kier alpha value is -2.02. The maximum Gasteiger partial charge on any atom is 0.338 e. The van der Waals surface area contributed by atoms with Gasteiger partial charge in [0.05, 0.1) is 17.8 Å². The van der Waals surface area contributed by atoms with Gasteiger partial charge < -0.3 is 10.4 Å². The molecule has 0 spiro atoms. The van der Waals surface area contributed by atoms with E-state index in [9.17, 15) is 13.6 Å². The smallest absolute Gasteiger partial charge is 0.338 e. The number of hydrogen-bond acceptors (Lipinski definition) is 4. The lowest BCUT2D eigenvalue weighted by molar-refractivity contribution is 0.0692. The van der Waals surface area contributed by atoms with Crippen molar-refractivity contribution in [2.45, 2.75) is 13.5 Å². The Morgan fingerprint density at radius 1 is 1.42 bits per heavy atom. The molecule has 1 aromatic carbocycles. The van der Waals surface area contributed by atoms with Crippen LogP contribution in [0.3, 0.4) is 0 Å². The van der Waals surface area contributed by atoms with Gasteiger partial charge in [-0.1, -0.05) is 0 Å². The molecule has 0 saturated carbocycles. The molecule has 1 aromatic heterocycles. The monoisotopic (exact) mass is 284 g/mol. The first kappa shape index (κ1) is 13.4. The number of halogens is 2. The fourth-order valence-electron chi connectivity index (χ4n) is 1.50. The zero-order valence-corrected chi connectivity index (χ0v) is 10.7. The summed E-state index contributed by atoms with van der Waals surface area (Å²) in [6.45, 7) is 2.08. The number of carboxylic acids is 1. The highest BCUT2D eigenvalue weighted by molar-refractivity contribution is 7.09. The Bertz CT molecular complexity index is 628. The number of anilines is 1. The zero-order chi connectivity index (χ0) is 14.0. The number of rotatable bonds is 4. The molecule has 1 heterocycles. The number of benzene rings is 1. The van der Waals surface area contributed by atoms with Crippen LogP contribution in [0.5, 0.6) is 0 Å². The van der Waals surface area contributed by atoms with Crippen LogP contribution in [0.4, 0.5) is 14.5 Å². The number of carboxylic acid groups (broad SMARTS) is 1. The average molecular weight is 284 g/mol. The Balaban J connectivity index is 2.20. The summed E-state index contributed by atoms with van der Waals surface area (Å²) in [5.41, 5.74) is 0.221. The summed E-state index contributed by atoms with van der Waals surface area (Å²) >= 11 is 1.40. The van der Waals surface area contributed by atoms with Crippen LogP contribution >= 0.6 is 11.3 Å². The van der Waals surface area contributed by atoms with Crippen LogP contribution in [-0.2, 0) is 6.54 Å². The molecule has 7 heteroatoms. The van der Waals surface area contributed by atoms with E-state index in [0.29, 0.717) is 6.07 Å². The Kier molecular flexibility index (Phi) is 3.75. The third kappa shape index (κ3) is 3.05. The van der Waals surface area contributed by atoms with E-state index in [-0.39, 0.29) is 12.2 Å². The van der Waals surface area contributed by atoms with E-state index in [1.807, 2.05) is 12.3 Å². The van der Waals surface area contributed by atoms with Gasteiger partial charge in [-0.05, 0) is 13.0 Å². The van der Waals surface area contributed by atoms with Crippen LogP contribution < -0.4 is 5.32 Å². The molecule has 100 valence electrons. The second-order valence-electron chi connectivity index (χ2n) is 3.85. The van der Waals surface area contributed by atoms with Crippen LogP contribution in [0, 0.1) is 18.6 Å². The molecular formula is C12H10F2N2O2S. The summed E-state index contributed by atoms with van der Waals surface area (Å²) < 4.78 is 26.7. The summed E-state index contributed by atoms with van der Waals surface area (Å²) in [6.07, 6.45) is 0. The van der Waals surface area contributed by atoms with Gasteiger partial charge in [-0.25, -0.2) is 18.6 Å². The standard InChI is InChI=1S/C12H10F2N2O2S/c1-6-5-19-11(16-6)4-15-10-2-7(12(17)18)8(13)3-9(10)14/h2-3,5,15H,4H2,1H3,(H,17,18). The van der Waals surface area contributed by atoms with Crippen LogP contribution in [0.25, 0.3) is 0 Å². The molecule has 2 aromatic rings. The summed E-state index contributed by atoms with van der Waals surface area (Å²) in [5.74, 6) is -3.37. The average Bonchev–Trinajstić information content (AvgIpc) is 2.73. The van der Waals surface area contributed by atoms with Crippen LogP contribution in [-0.4, -0.2) is 16.1 Å². The van der Waals surface area contributed by atoms with E-state index in [2.05, 4.69) is 10.3 Å². The summed E-state index contributed by atoms with van der Waals surface area (Å²) in [7, 11) is 0. The quantitative estimate of drug-likeness (QED) is 0.906. The first-order chi connectivity index (χ1) is 8.97. The molecule has 0 unspecified atom stereocenters. The van der Waals surface area contributed by atoms with E-state index in [4.69, 9.17) is 5.11 Å². The van der Waals surface area contributed by atoms with Crippen molar-refractivity contribution < 1.29 is 18.7 Å². The molecule has 0 radical (unpaired) electrons. The predicted octanol–water partition coefficient (Wildman–Crippen LogP) is 3.04. The number of hydrogen-bond donors (Lipinski definition) is 2. The van der Waals surface area contributed by atoms with Gasteiger partial charge in [-0.2, -0.15) is 0 Å². The highest BCUT2D eigenvalue weighted by Gasteiger charge is 2.15. The largest absolute Gasteiger partial charge is 0.478 e. The summed E-state index contributed by atoms with van der Waals surface area (Å²) in [4.78, 5) is 14.9. The number of thiazole rings is 1. The van der Waals surface area contributed by atoms with E-state index >= 15 is 0 Å². The molecule has 4 nitrogen and oxygen atoms in total. The van der Waals surface area contributed by atoms with Crippen molar-refractivity contribution >= 4 is 23.0 Å². The van der Waals surface area contributed by atoms with Crippen molar-refractivity contribution in [2.75, 3.05) is 5.32 Å². The Morgan fingerprint density at radius 2 is 2.16 bits per heavy atom. The van der Waals surface area contributed by atoms with Crippen molar-refractivity contribution in [3.63, 3.8) is 0 Å². The van der Waals surface area contributed by atoms with Gasteiger partial charge in [0.2, 0.25) is 0 Å². The molecule has 0 fully saturated rings. The lowest BCUT2D eigenvalue weighted by Gasteiger charge is -2.07. The molecule has 0 aliphatic heterocycles. The van der Waals surface area contributed by atoms with Crippen LogP contribution in [0.15, 0.2) is 17.5 Å². The minimum atomic E-state index is -1.44. The van der Waals surface area contributed by atoms with Crippen molar-refractivity contribution in [1.82, 2.24) is 4.98 Å². The minimum absolute atomic E-state index is 0.0633. The van der Waals surface area contributed by atoms with E-state index in [1.54, 1.807) is 0 Å². The molecule has 0 aliphatic rings. The number of carbonyl (C=O) groups is 1. The van der Waals surface area contributed by atoms with E-state index in [0.717, 1.165) is 16.8 Å². The van der Waals surface area contributed by atoms with Gasteiger partial charge in [0.25, 0.3) is 0 Å². The summed E-state index contributed by atoms with van der Waals surface area (Å²) in [5, 5.41) is 14.1. The molecule has 2 N–H and O–H groups in total. The van der Waals surface area contributed by atoms with Crippen LogP contribution in [0.1, 0.15) is 21.1 Å². The second-order valence-corrected chi connectivity index (χ2v) is 4.80. The van der Waals surface area contributed by atoms with E-state index < -0.39 is 23.2 Å². The number of aromatic carboxylic acids is 1. The van der Waals surface area contributed by atoms with Gasteiger partial charge in [0.1, 0.15) is 16.6 Å². The normalized spacial score (nSPS) is 10.5. The van der Waals surface area contributed by atoms with E-state index in [1.165, 1.54) is 11.3 Å². The van der Waals surface area contributed by atoms with Crippen molar-refractivity contribution in [3.05, 3.63) is 45.4 Å². The first-order valence-corrected chi connectivity index (χ1v) is 6.22. The molecule has 0 atom stereocenters. The van der Waals surface area contributed by atoms with Crippen molar-refractivity contribution in [1.29, 1.82) is 0 Å². The maximum absolute atomic E-state index is 13.5. The third-order valence-electron chi connectivity index (χ3n) is 2.38. The van der Waals surface area contributed by atoms with Gasteiger partial charge in [0, 0.05) is 17.1 Å². The van der Waals surface area contributed by atoms with Gasteiger partial charge >= 0.3 is 5.97 Å². The van der Waals surface area contributed by atoms with Gasteiger partial charge in [-0.3, -0.25) is 0 Å². The van der Waals surface area contributed by atoms with Crippen molar-refractivity contribution in [2.24, 2.45) is 0 Å². The number of nitrogens with one attached hydrogen (secondary N) is 1. The van der Waals surface area contributed by atoms with Crippen molar-refractivity contribution in [3.8, 4) is 0 Å². The maximum atomic E-state index is 13.5. The molecule has 19 heavy (non-hydrogen) atoms. The second kappa shape index (κ2) is 5.31. The topological polar surface area (TPSA) is 62.2 Å². The highest BCUT2D eigenvalue weighted by Crippen LogP contribution is 2.21. The number of aryl methyl sites for hydroxylation is 1. The molecule has 0 bridgehead atoms. The van der Waals surface area contributed by atoms with Gasteiger partial charge in [-0.15, -0.1) is 11.3 Å². The van der Waals surface area contributed by atoms with Gasteiger partial charge in [0.15, 0.2) is 0 Å². The Labute approximate surface area is 111 Å². The SMILES string of the molecule is Cc1csc(CNc2cc(C(=O)O)c(F)cc2F)n1. The number of aromatic nitrogens is 1. The van der Waals surface area contributed by atoms with Crippen LogP contribution in [0.2, 0.25) is 0 Å². The molecule has 0 aliphatic carbocycles. The number of nitrogens with zero attached hydrogens (tertiary/aromatic N) is 1. The lowest BCUT2D eigenvalue weighted by Crippen LogP contribution is -2.06. The third-order valence-corrected chi connectivity index (χ3v) is 3.35. The zero-order valence-electron chi connectivity index (χ0n) is 9.91. The highest BCUT2D eigenvalue weighted by atomic mass is 32.1. The summed E-state index contributed by atoms with van der Waals surface area (Å²) in [6, 6.07) is 1.49. The lowest BCUT2D eigenvalue weighted by atomic mass is 10.2. The minimum Gasteiger partial charge on any atom is -0.478 e. The molecular weight excluding hydrogens is 274 g/mol. The first-order valence-electron chi connectivity index (χ1n) is 5.34. The predicted molar refractivity (Wildman–Crippen MR) is 67.5 cm³/mol. The molecule has 2 rings (SSSR count). The Morgan fingerprint density at radius 3 is 2.74 bits per heavy atom. The fourth-order valence-corrected chi connectivity index (χ4v) is 2.21. The molecule has 0 amide bonds. The molecule has 0 saturated heterocycles. The fraction of sp³-hybridized carbons (Fsp3) is 0.167.